The smallest absolute Gasteiger partial charge is 0.254 e. The second-order valence-electron chi connectivity index (χ2n) is 5.28. The molecule has 1 aromatic carbocycles. The van der Waals surface area contributed by atoms with Gasteiger partial charge in [-0.2, -0.15) is 0 Å². The molecule has 1 aromatic rings. The predicted octanol–water partition coefficient (Wildman–Crippen LogP) is 1.11. The number of rotatable bonds is 4. The van der Waals surface area contributed by atoms with Gasteiger partial charge in [-0.05, 0) is 24.6 Å². The maximum atomic E-state index is 13.3. The Balaban J connectivity index is 1.92. The summed E-state index contributed by atoms with van der Waals surface area (Å²) in [7, 11) is 1.77. The van der Waals surface area contributed by atoms with Gasteiger partial charge >= 0.3 is 0 Å². The number of benzene rings is 1. The summed E-state index contributed by atoms with van der Waals surface area (Å²) in [5, 5.41) is 3.30. The number of carbonyl (C=O) groups excluding carboxylic acids is 1. The van der Waals surface area contributed by atoms with E-state index in [0.29, 0.717) is 12.1 Å². The first-order valence-electron chi connectivity index (χ1n) is 7.02. The van der Waals surface area contributed by atoms with E-state index in [-0.39, 0.29) is 11.7 Å². The molecule has 1 fully saturated rings. The normalized spacial score (nSPS) is 16.1. The molecule has 1 heterocycles. The molecule has 0 radical (unpaired) electrons. The minimum absolute atomic E-state index is 0.114. The molecule has 110 valence electrons. The minimum atomic E-state index is -0.366. The van der Waals surface area contributed by atoms with E-state index in [2.05, 4.69) is 10.2 Å². The van der Waals surface area contributed by atoms with Crippen LogP contribution >= 0.6 is 0 Å². The number of amides is 1. The molecule has 1 N–H and O–H groups in total. The Hall–Kier alpha value is -1.46. The summed E-state index contributed by atoms with van der Waals surface area (Å²) in [6, 6.07) is 4.35. The lowest BCUT2D eigenvalue weighted by Crippen LogP contribution is -2.46. The first-order chi connectivity index (χ1) is 9.58. The number of carbonyl (C=O) groups is 1. The fraction of sp³-hybridized carbons (Fsp3) is 0.533. The van der Waals surface area contributed by atoms with E-state index < -0.39 is 0 Å². The standard InChI is InChI=1S/C15H22FN3O/c1-12-3-4-13(16)11-14(12)15(20)18(2)9-10-19-7-5-17-6-8-19/h3-4,11,17H,5-10H2,1-2H3. The van der Waals surface area contributed by atoms with E-state index in [1.165, 1.54) is 12.1 Å². The Morgan fingerprint density at radius 1 is 1.40 bits per heavy atom. The van der Waals surface area contributed by atoms with E-state index in [1.54, 1.807) is 18.0 Å². The molecule has 5 heteroatoms. The third kappa shape index (κ3) is 3.77. The monoisotopic (exact) mass is 279 g/mol. The van der Waals surface area contributed by atoms with Crippen molar-refractivity contribution in [2.45, 2.75) is 6.92 Å². The molecule has 0 saturated carbocycles. The molecule has 0 aromatic heterocycles. The van der Waals surface area contributed by atoms with Crippen LogP contribution in [0, 0.1) is 12.7 Å². The summed E-state index contributed by atoms with van der Waals surface area (Å²) < 4.78 is 13.3. The van der Waals surface area contributed by atoms with Gasteiger partial charge in [-0.25, -0.2) is 4.39 Å². The van der Waals surface area contributed by atoms with Gasteiger partial charge in [0.25, 0.3) is 5.91 Å². The molecule has 1 aliphatic heterocycles. The molecule has 1 aliphatic rings. The Labute approximate surface area is 119 Å². The highest BCUT2D eigenvalue weighted by molar-refractivity contribution is 5.95. The quantitative estimate of drug-likeness (QED) is 0.897. The number of nitrogens with one attached hydrogen (secondary N) is 1. The van der Waals surface area contributed by atoms with Crippen molar-refractivity contribution in [1.82, 2.24) is 15.1 Å². The topological polar surface area (TPSA) is 35.6 Å². The fourth-order valence-electron chi connectivity index (χ4n) is 2.36. The first kappa shape index (κ1) is 14.9. The third-order valence-electron chi connectivity index (χ3n) is 3.74. The van der Waals surface area contributed by atoms with Gasteiger partial charge in [0.2, 0.25) is 0 Å². The van der Waals surface area contributed by atoms with Crippen LogP contribution < -0.4 is 5.32 Å². The molecular formula is C15H22FN3O. The summed E-state index contributed by atoms with van der Waals surface area (Å²) in [4.78, 5) is 16.3. The number of hydrogen-bond acceptors (Lipinski definition) is 3. The molecule has 4 nitrogen and oxygen atoms in total. The van der Waals surface area contributed by atoms with Gasteiger partial charge in [-0.15, -0.1) is 0 Å². The average Bonchev–Trinajstić information content (AvgIpc) is 2.47. The zero-order valence-electron chi connectivity index (χ0n) is 12.2. The van der Waals surface area contributed by atoms with Crippen LogP contribution in [0.1, 0.15) is 15.9 Å². The lowest BCUT2D eigenvalue weighted by Gasteiger charge is -2.29. The van der Waals surface area contributed by atoms with Crippen molar-refractivity contribution in [2.24, 2.45) is 0 Å². The van der Waals surface area contributed by atoms with E-state index in [1.807, 2.05) is 6.92 Å². The van der Waals surface area contributed by atoms with Crippen molar-refractivity contribution in [3.05, 3.63) is 35.1 Å². The zero-order chi connectivity index (χ0) is 14.5. The lowest BCUT2D eigenvalue weighted by molar-refractivity contribution is 0.0773. The third-order valence-corrected chi connectivity index (χ3v) is 3.74. The second kappa shape index (κ2) is 6.81. The van der Waals surface area contributed by atoms with Gasteiger partial charge in [-0.1, -0.05) is 6.07 Å². The van der Waals surface area contributed by atoms with Gasteiger partial charge in [0.15, 0.2) is 0 Å². The predicted molar refractivity (Wildman–Crippen MR) is 77.4 cm³/mol. The van der Waals surface area contributed by atoms with Gasteiger partial charge in [0, 0.05) is 51.9 Å². The summed E-state index contributed by atoms with van der Waals surface area (Å²) >= 11 is 0. The largest absolute Gasteiger partial charge is 0.340 e. The van der Waals surface area contributed by atoms with E-state index in [4.69, 9.17) is 0 Å². The highest BCUT2D eigenvalue weighted by Crippen LogP contribution is 2.12. The van der Waals surface area contributed by atoms with E-state index in [9.17, 15) is 9.18 Å². The average molecular weight is 279 g/mol. The number of piperazine rings is 1. The van der Waals surface area contributed by atoms with Crippen molar-refractivity contribution < 1.29 is 9.18 Å². The number of nitrogens with zero attached hydrogens (tertiary/aromatic N) is 2. The molecule has 0 aliphatic carbocycles. The Morgan fingerprint density at radius 2 is 2.10 bits per heavy atom. The Kier molecular flexibility index (Phi) is 5.09. The van der Waals surface area contributed by atoms with Crippen LogP contribution in [0.25, 0.3) is 0 Å². The molecule has 1 amide bonds. The molecule has 0 unspecified atom stereocenters. The molecule has 2 rings (SSSR count). The van der Waals surface area contributed by atoms with Crippen molar-refractivity contribution in [2.75, 3.05) is 46.3 Å². The maximum absolute atomic E-state index is 13.3. The van der Waals surface area contributed by atoms with Gasteiger partial charge in [-0.3, -0.25) is 9.69 Å². The summed E-state index contributed by atoms with van der Waals surface area (Å²) in [6.07, 6.45) is 0. The van der Waals surface area contributed by atoms with Gasteiger partial charge in [0.1, 0.15) is 5.82 Å². The molecular weight excluding hydrogens is 257 g/mol. The van der Waals surface area contributed by atoms with Crippen LogP contribution in [-0.2, 0) is 0 Å². The van der Waals surface area contributed by atoms with Gasteiger partial charge < -0.3 is 10.2 Å². The summed E-state index contributed by atoms with van der Waals surface area (Å²) in [6.45, 7) is 7.38. The lowest BCUT2D eigenvalue weighted by atomic mass is 10.1. The summed E-state index contributed by atoms with van der Waals surface area (Å²) in [5.41, 5.74) is 1.26. The number of halogens is 1. The maximum Gasteiger partial charge on any atom is 0.254 e. The van der Waals surface area contributed by atoms with Crippen molar-refractivity contribution in [3.63, 3.8) is 0 Å². The van der Waals surface area contributed by atoms with Gasteiger partial charge in [0.05, 0.1) is 0 Å². The summed E-state index contributed by atoms with van der Waals surface area (Å²) in [5.74, 6) is -0.480. The molecule has 20 heavy (non-hydrogen) atoms. The fourth-order valence-corrected chi connectivity index (χ4v) is 2.36. The highest BCUT2D eigenvalue weighted by Gasteiger charge is 2.16. The second-order valence-corrected chi connectivity index (χ2v) is 5.28. The van der Waals surface area contributed by atoms with Crippen molar-refractivity contribution in [1.29, 1.82) is 0 Å². The highest BCUT2D eigenvalue weighted by atomic mass is 19.1. The zero-order valence-corrected chi connectivity index (χ0v) is 12.2. The Bertz CT molecular complexity index is 472. The van der Waals surface area contributed by atoms with Crippen LogP contribution in [0.3, 0.4) is 0 Å². The molecule has 0 spiro atoms. The molecule has 0 atom stereocenters. The SMILES string of the molecule is Cc1ccc(F)cc1C(=O)N(C)CCN1CCNCC1. The van der Waals surface area contributed by atoms with Crippen LogP contribution in [0.4, 0.5) is 4.39 Å². The van der Waals surface area contributed by atoms with Crippen molar-refractivity contribution >= 4 is 5.91 Å². The number of hydrogen-bond donors (Lipinski definition) is 1. The van der Waals surface area contributed by atoms with Crippen molar-refractivity contribution in [3.8, 4) is 0 Å². The van der Waals surface area contributed by atoms with Crippen LogP contribution in [0.2, 0.25) is 0 Å². The number of aryl methyl sites for hydroxylation is 1. The first-order valence-corrected chi connectivity index (χ1v) is 7.02. The van der Waals surface area contributed by atoms with Crippen LogP contribution in [0.15, 0.2) is 18.2 Å². The Morgan fingerprint density at radius 3 is 2.80 bits per heavy atom. The molecule has 1 saturated heterocycles. The number of likely N-dealkylation sites (N-methyl/N-ethyl adjacent to an activating group) is 1. The van der Waals surface area contributed by atoms with E-state index >= 15 is 0 Å². The minimum Gasteiger partial charge on any atom is -0.340 e. The van der Waals surface area contributed by atoms with Crippen LogP contribution in [0.5, 0.6) is 0 Å². The molecule has 0 bridgehead atoms. The van der Waals surface area contributed by atoms with Crippen LogP contribution in [-0.4, -0.2) is 62.0 Å². The van der Waals surface area contributed by atoms with E-state index in [0.717, 1.165) is 38.3 Å².